The zero-order valence-corrected chi connectivity index (χ0v) is 18.6. The highest BCUT2D eigenvalue weighted by Crippen LogP contribution is 2.43. The van der Waals surface area contributed by atoms with Crippen molar-refractivity contribution in [1.29, 1.82) is 0 Å². The molecule has 1 amide bonds. The van der Waals surface area contributed by atoms with E-state index in [2.05, 4.69) is 15.9 Å². The van der Waals surface area contributed by atoms with Crippen LogP contribution in [0, 0.1) is 6.92 Å². The standard InChI is InChI=1S/C25H20BrNO4/c1-15-11-12-18(14-20(15)26)27-22(17-9-6-10-19(13-17)31-2)21(24(29)25(27)30)23(28)16-7-4-3-5-8-16/h3-14,22,28H,1-2H3/b23-21+. The number of ketones is 1. The summed E-state index contributed by atoms with van der Waals surface area (Å²) in [6, 6.07) is 20.6. The lowest BCUT2D eigenvalue weighted by Crippen LogP contribution is -2.29. The lowest BCUT2D eigenvalue weighted by molar-refractivity contribution is -0.132. The number of aliphatic hydroxyl groups is 1. The van der Waals surface area contributed by atoms with Crippen LogP contribution in [0.1, 0.15) is 22.7 Å². The Balaban J connectivity index is 1.97. The number of halogens is 1. The number of carbonyl (C=O) groups is 2. The van der Waals surface area contributed by atoms with Crippen LogP contribution in [0.25, 0.3) is 5.76 Å². The first-order valence-corrected chi connectivity index (χ1v) is 10.5. The molecule has 5 nitrogen and oxygen atoms in total. The van der Waals surface area contributed by atoms with Gasteiger partial charge in [-0.1, -0.05) is 64.5 Å². The summed E-state index contributed by atoms with van der Waals surface area (Å²) in [7, 11) is 1.55. The fourth-order valence-electron chi connectivity index (χ4n) is 3.71. The normalized spacial score (nSPS) is 17.8. The number of aryl methyl sites for hydroxylation is 1. The van der Waals surface area contributed by atoms with Crippen LogP contribution in [0.5, 0.6) is 5.75 Å². The fraction of sp³-hybridized carbons (Fsp3) is 0.120. The molecule has 3 aromatic rings. The van der Waals surface area contributed by atoms with Crippen LogP contribution in [0.3, 0.4) is 0 Å². The molecule has 1 unspecified atom stereocenters. The molecule has 0 saturated carbocycles. The smallest absolute Gasteiger partial charge is 0.300 e. The van der Waals surface area contributed by atoms with Crippen molar-refractivity contribution in [3.05, 3.63) is 99.5 Å². The number of nitrogens with zero attached hydrogens (tertiary/aromatic N) is 1. The number of amides is 1. The van der Waals surface area contributed by atoms with Crippen molar-refractivity contribution in [3.63, 3.8) is 0 Å². The van der Waals surface area contributed by atoms with Gasteiger partial charge in [-0.25, -0.2) is 0 Å². The number of anilines is 1. The summed E-state index contributed by atoms with van der Waals surface area (Å²) in [5, 5.41) is 11.1. The van der Waals surface area contributed by atoms with Gasteiger partial charge in [-0.05, 0) is 42.3 Å². The van der Waals surface area contributed by atoms with Gasteiger partial charge in [0, 0.05) is 15.7 Å². The molecule has 1 aliphatic rings. The van der Waals surface area contributed by atoms with E-state index in [1.807, 2.05) is 25.1 Å². The van der Waals surface area contributed by atoms with E-state index in [0.717, 1.165) is 10.0 Å². The Kier molecular flexibility index (Phi) is 5.65. The average molecular weight is 478 g/mol. The van der Waals surface area contributed by atoms with Crippen molar-refractivity contribution < 1.29 is 19.4 Å². The van der Waals surface area contributed by atoms with E-state index in [1.165, 1.54) is 4.90 Å². The Labute approximate surface area is 188 Å². The first-order chi connectivity index (χ1) is 14.9. The van der Waals surface area contributed by atoms with E-state index < -0.39 is 17.7 Å². The van der Waals surface area contributed by atoms with Gasteiger partial charge < -0.3 is 9.84 Å². The SMILES string of the molecule is COc1cccc(C2/C(=C(\O)c3ccccc3)C(=O)C(=O)N2c2ccc(C)c(Br)c2)c1. The summed E-state index contributed by atoms with van der Waals surface area (Å²) < 4.78 is 6.17. The van der Waals surface area contributed by atoms with Gasteiger partial charge in [0.25, 0.3) is 11.7 Å². The number of benzene rings is 3. The Morgan fingerprint density at radius 1 is 1.00 bits per heavy atom. The minimum atomic E-state index is -0.801. The highest BCUT2D eigenvalue weighted by molar-refractivity contribution is 9.10. The van der Waals surface area contributed by atoms with Gasteiger partial charge >= 0.3 is 0 Å². The molecule has 0 radical (unpaired) electrons. The van der Waals surface area contributed by atoms with E-state index in [0.29, 0.717) is 22.6 Å². The molecule has 1 aliphatic heterocycles. The number of Topliss-reactive ketones (excluding diaryl/α,β-unsaturated/α-hetero) is 1. The van der Waals surface area contributed by atoms with Crippen molar-refractivity contribution in [1.82, 2.24) is 0 Å². The van der Waals surface area contributed by atoms with Crippen LogP contribution in [0.4, 0.5) is 5.69 Å². The Morgan fingerprint density at radius 3 is 2.42 bits per heavy atom. The number of methoxy groups -OCH3 is 1. The molecule has 156 valence electrons. The molecular formula is C25H20BrNO4. The highest BCUT2D eigenvalue weighted by atomic mass is 79.9. The second-order valence-electron chi connectivity index (χ2n) is 7.25. The lowest BCUT2D eigenvalue weighted by Gasteiger charge is -2.26. The number of aliphatic hydroxyl groups excluding tert-OH is 1. The molecule has 1 N–H and O–H groups in total. The van der Waals surface area contributed by atoms with Gasteiger partial charge in [0.1, 0.15) is 11.5 Å². The number of hydrogen-bond acceptors (Lipinski definition) is 4. The Hall–Kier alpha value is -3.38. The summed E-state index contributed by atoms with van der Waals surface area (Å²) in [5.41, 5.74) is 2.73. The van der Waals surface area contributed by atoms with Crippen molar-refractivity contribution >= 4 is 39.1 Å². The van der Waals surface area contributed by atoms with E-state index in [-0.39, 0.29) is 11.3 Å². The lowest BCUT2D eigenvalue weighted by atomic mass is 9.95. The van der Waals surface area contributed by atoms with E-state index in [1.54, 1.807) is 61.7 Å². The summed E-state index contributed by atoms with van der Waals surface area (Å²) in [6.45, 7) is 1.94. The number of hydrogen-bond donors (Lipinski definition) is 1. The van der Waals surface area contributed by atoms with Crippen molar-refractivity contribution in [2.75, 3.05) is 12.0 Å². The van der Waals surface area contributed by atoms with Crippen molar-refractivity contribution in [3.8, 4) is 5.75 Å². The Bertz CT molecular complexity index is 1200. The quantitative estimate of drug-likeness (QED) is 0.310. The van der Waals surface area contributed by atoms with Gasteiger partial charge in [0.2, 0.25) is 0 Å². The topological polar surface area (TPSA) is 66.8 Å². The number of rotatable bonds is 4. The first kappa shape index (κ1) is 20.9. The van der Waals surface area contributed by atoms with E-state index in [4.69, 9.17) is 4.74 Å². The summed E-state index contributed by atoms with van der Waals surface area (Å²) in [6.07, 6.45) is 0. The minimum absolute atomic E-state index is 0.0427. The third-order valence-electron chi connectivity index (χ3n) is 5.33. The van der Waals surface area contributed by atoms with Crippen molar-refractivity contribution in [2.24, 2.45) is 0 Å². The second-order valence-corrected chi connectivity index (χ2v) is 8.10. The molecule has 0 aromatic heterocycles. The minimum Gasteiger partial charge on any atom is -0.507 e. The van der Waals surface area contributed by atoms with Gasteiger partial charge in [-0.2, -0.15) is 0 Å². The maximum atomic E-state index is 13.2. The fourth-order valence-corrected chi connectivity index (χ4v) is 4.08. The monoisotopic (exact) mass is 477 g/mol. The molecular weight excluding hydrogens is 458 g/mol. The molecule has 0 aliphatic carbocycles. The maximum absolute atomic E-state index is 13.2. The molecule has 1 atom stereocenters. The first-order valence-electron chi connectivity index (χ1n) is 9.69. The van der Waals surface area contributed by atoms with Crippen LogP contribution in [-0.2, 0) is 9.59 Å². The molecule has 3 aromatic carbocycles. The van der Waals surface area contributed by atoms with Crippen LogP contribution in [0.15, 0.2) is 82.8 Å². The van der Waals surface area contributed by atoms with Crippen LogP contribution < -0.4 is 9.64 Å². The van der Waals surface area contributed by atoms with Gasteiger partial charge in [-0.3, -0.25) is 14.5 Å². The van der Waals surface area contributed by atoms with Gasteiger partial charge in [0.15, 0.2) is 0 Å². The van der Waals surface area contributed by atoms with Crippen LogP contribution in [-0.4, -0.2) is 23.9 Å². The average Bonchev–Trinajstić information content (AvgIpc) is 3.06. The molecule has 1 heterocycles. The van der Waals surface area contributed by atoms with Crippen molar-refractivity contribution in [2.45, 2.75) is 13.0 Å². The predicted molar refractivity (Wildman–Crippen MR) is 123 cm³/mol. The molecule has 6 heteroatoms. The molecule has 4 rings (SSSR count). The van der Waals surface area contributed by atoms with Crippen LogP contribution in [0.2, 0.25) is 0 Å². The maximum Gasteiger partial charge on any atom is 0.300 e. The van der Waals surface area contributed by atoms with E-state index in [9.17, 15) is 14.7 Å². The number of ether oxygens (including phenoxy) is 1. The summed E-state index contributed by atoms with van der Waals surface area (Å²) >= 11 is 3.50. The Morgan fingerprint density at radius 2 is 1.74 bits per heavy atom. The summed E-state index contributed by atoms with van der Waals surface area (Å²) in [5.74, 6) is -1.04. The van der Waals surface area contributed by atoms with Gasteiger partial charge in [0.05, 0.1) is 18.7 Å². The molecule has 1 fully saturated rings. The number of carbonyl (C=O) groups excluding carboxylic acids is 2. The molecule has 0 bridgehead atoms. The second kappa shape index (κ2) is 8.40. The molecule has 0 spiro atoms. The largest absolute Gasteiger partial charge is 0.507 e. The highest BCUT2D eigenvalue weighted by Gasteiger charge is 2.47. The zero-order valence-electron chi connectivity index (χ0n) is 17.0. The summed E-state index contributed by atoms with van der Waals surface area (Å²) in [4.78, 5) is 27.7. The van der Waals surface area contributed by atoms with Gasteiger partial charge in [-0.15, -0.1) is 0 Å². The third kappa shape index (κ3) is 3.75. The third-order valence-corrected chi connectivity index (χ3v) is 6.19. The van der Waals surface area contributed by atoms with Crippen LogP contribution >= 0.6 is 15.9 Å². The molecule has 1 saturated heterocycles. The molecule has 31 heavy (non-hydrogen) atoms. The van der Waals surface area contributed by atoms with E-state index >= 15 is 0 Å². The predicted octanol–water partition coefficient (Wildman–Crippen LogP) is 5.39. The zero-order chi connectivity index (χ0) is 22.1.